The van der Waals surface area contributed by atoms with Crippen molar-refractivity contribution in [2.75, 3.05) is 0 Å². The molecule has 0 saturated carbocycles. The molecule has 0 unspecified atom stereocenters. The van der Waals surface area contributed by atoms with E-state index in [0.29, 0.717) is 0 Å². The van der Waals surface area contributed by atoms with Gasteiger partial charge in [0.2, 0.25) is 0 Å². The maximum absolute atomic E-state index is 6.15. The van der Waals surface area contributed by atoms with Gasteiger partial charge in [-0.2, -0.15) is 0 Å². The zero-order chi connectivity index (χ0) is 18.9. The molecule has 3 heteroatoms. The molecule has 2 aromatic heterocycles. The average molecular weight is 388 g/mol. The number of hydrogen-bond donors (Lipinski definition) is 0. The molecule has 0 saturated heterocycles. The van der Waals surface area contributed by atoms with Gasteiger partial charge in [-0.15, -0.1) is 0 Å². The van der Waals surface area contributed by atoms with Crippen LogP contribution in [-0.4, -0.2) is 4.57 Å². The number of para-hydroxylation sites is 1. The molecule has 0 fully saturated rings. The van der Waals surface area contributed by atoms with Crippen LogP contribution in [0.15, 0.2) is 73.1 Å². The van der Waals surface area contributed by atoms with E-state index in [-0.39, 0.29) is 0 Å². The Hall–Kier alpha value is -2.58. The topological polar surface area (TPSA) is 8.81 Å². The minimum atomic E-state index is 0.791. The van der Waals surface area contributed by atoms with Crippen LogP contribution in [-0.2, 0) is 25.9 Å². The van der Waals surface area contributed by atoms with Gasteiger partial charge in [-0.1, -0.05) is 41.9 Å². The molecule has 0 atom stereocenters. The van der Waals surface area contributed by atoms with E-state index < -0.39 is 0 Å². The first kappa shape index (κ1) is 17.5. The molecule has 5 rings (SSSR count). The van der Waals surface area contributed by atoms with Gasteiger partial charge in [0.15, 0.2) is 18.9 Å². The maximum Gasteiger partial charge on any atom is 0.174 e. The van der Waals surface area contributed by atoms with E-state index in [0.717, 1.165) is 18.1 Å². The highest BCUT2D eigenvalue weighted by Crippen LogP contribution is 2.32. The lowest BCUT2D eigenvalue weighted by molar-refractivity contribution is -0.688. The molecule has 0 bridgehead atoms. The van der Waals surface area contributed by atoms with Crippen molar-refractivity contribution in [2.45, 2.75) is 38.8 Å². The van der Waals surface area contributed by atoms with Crippen LogP contribution in [0.3, 0.4) is 0 Å². The number of halogens is 1. The predicted molar refractivity (Wildman–Crippen MR) is 115 cm³/mol. The Morgan fingerprint density at radius 2 is 1.75 bits per heavy atom. The fraction of sp³-hybridized carbons (Fsp3) is 0.240. The first-order valence-electron chi connectivity index (χ1n) is 10.1. The molecule has 0 amide bonds. The molecule has 4 aromatic rings. The fourth-order valence-corrected chi connectivity index (χ4v) is 4.78. The van der Waals surface area contributed by atoms with Crippen LogP contribution < -0.4 is 4.57 Å². The number of aromatic nitrogens is 2. The Morgan fingerprint density at radius 1 is 0.893 bits per heavy atom. The number of aryl methyl sites for hydroxylation is 1. The highest BCUT2D eigenvalue weighted by Gasteiger charge is 2.20. The highest BCUT2D eigenvalue weighted by molar-refractivity contribution is 6.30. The molecule has 1 aliphatic rings. The lowest BCUT2D eigenvalue weighted by Crippen LogP contribution is -2.34. The molecule has 28 heavy (non-hydrogen) atoms. The number of hydrogen-bond acceptors (Lipinski definition) is 0. The average Bonchev–Trinajstić information content (AvgIpc) is 3.03. The minimum Gasteiger partial charge on any atom is -0.340 e. The van der Waals surface area contributed by atoms with E-state index >= 15 is 0 Å². The van der Waals surface area contributed by atoms with Crippen LogP contribution in [0.4, 0.5) is 0 Å². The van der Waals surface area contributed by atoms with Crippen LogP contribution in [0.1, 0.15) is 35.2 Å². The second-order valence-corrected chi connectivity index (χ2v) is 8.19. The van der Waals surface area contributed by atoms with Gasteiger partial charge < -0.3 is 4.57 Å². The SMILES string of the molecule is Clc1cccc(C[n+]2cccc(Cn3c4c(c5ccccc53)CCCC4)c2)c1. The largest absolute Gasteiger partial charge is 0.340 e. The van der Waals surface area contributed by atoms with Crippen molar-refractivity contribution in [3.63, 3.8) is 0 Å². The standard InChI is InChI=1S/C25H24ClN2/c26-21-9-5-7-19(15-21)16-27-14-6-8-20(17-27)18-28-24-12-3-1-10-22(24)23-11-2-4-13-25(23)28/h1,3,5-10,12,14-15,17H,2,4,11,13,16,18H2/q+1. The zero-order valence-corrected chi connectivity index (χ0v) is 16.7. The van der Waals surface area contributed by atoms with Gasteiger partial charge in [0.25, 0.3) is 0 Å². The van der Waals surface area contributed by atoms with Crippen molar-refractivity contribution in [3.8, 4) is 0 Å². The van der Waals surface area contributed by atoms with E-state index in [4.69, 9.17) is 11.6 Å². The van der Waals surface area contributed by atoms with Crippen molar-refractivity contribution in [2.24, 2.45) is 0 Å². The van der Waals surface area contributed by atoms with Gasteiger partial charge in [0.1, 0.15) is 0 Å². The minimum absolute atomic E-state index is 0.791. The smallest absolute Gasteiger partial charge is 0.174 e. The number of rotatable bonds is 4. The molecular weight excluding hydrogens is 364 g/mol. The summed E-state index contributed by atoms with van der Waals surface area (Å²) in [6.07, 6.45) is 9.42. The first-order valence-corrected chi connectivity index (χ1v) is 10.5. The summed E-state index contributed by atoms with van der Waals surface area (Å²) < 4.78 is 4.79. The van der Waals surface area contributed by atoms with Gasteiger partial charge in [0, 0.05) is 38.8 Å². The van der Waals surface area contributed by atoms with Crippen molar-refractivity contribution in [3.05, 3.63) is 100 Å². The predicted octanol–water partition coefficient (Wildman–Crippen LogP) is 5.56. The van der Waals surface area contributed by atoms with Crippen LogP contribution in [0.2, 0.25) is 5.02 Å². The Bertz CT molecular complexity index is 1140. The Balaban J connectivity index is 1.49. The third-order valence-corrected chi connectivity index (χ3v) is 6.03. The normalized spacial score (nSPS) is 13.6. The van der Waals surface area contributed by atoms with Crippen molar-refractivity contribution in [1.29, 1.82) is 0 Å². The van der Waals surface area contributed by atoms with Crippen molar-refractivity contribution >= 4 is 22.5 Å². The Kier molecular flexibility index (Phi) is 4.66. The summed E-state index contributed by atoms with van der Waals surface area (Å²) in [5.74, 6) is 0. The molecule has 2 nitrogen and oxygen atoms in total. The van der Waals surface area contributed by atoms with Crippen molar-refractivity contribution < 1.29 is 4.57 Å². The summed E-state index contributed by atoms with van der Waals surface area (Å²) in [6, 6.07) is 21.4. The highest BCUT2D eigenvalue weighted by atomic mass is 35.5. The summed E-state index contributed by atoms with van der Waals surface area (Å²) in [4.78, 5) is 0. The van der Waals surface area contributed by atoms with Gasteiger partial charge in [-0.3, -0.25) is 0 Å². The van der Waals surface area contributed by atoms with Gasteiger partial charge >= 0.3 is 0 Å². The molecule has 140 valence electrons. The van der Waals surface area contributed by atoms with E-state index in [1.54, 1.807) is 5.56 Å². The summed E-state index contributed by atoms with van der Waals surface area (Å²) in [5, 5.41) is 2.24. The molecule has 0 N–H and O–H groups in total. The molecule has 2 aromatic carbocycles. The summed E-state index contributed by atoms with van der Waals surface area (Å²) in [7, 11) is 0. The van der Waals surface area contributed by atoms with Gasteiger partial charge in [-0.05, 0) is 55.5 Å². The summed E-state index contributed by atoms with van der Waals surface area (Å²) in [5.41, 5.74) is 7.04. The third kappa shape index (κ3) is 3.33. The van der Waals surface area contributed by atoms with Gasteiger partial charge in [0.05, 0.1) is 6.54 Å². The molecule has 2 heterocycles. The quantitative estimate of drug-likeness (QED) is 0.405. The Labute approximate surface area is 171 Å². The van der Waals surface area contributed by atoms with Gasteiger partial charge in [-0.25, -0.2) is 4.57 Å². The lowest BCUT2D eigenvalue weighted by atomic mass is 9.95. The number of benzene rings is 2. The van der Waals surface area contributed by atoms with E-state index in [1.807, 2.05) is 18.2 Å². The maximum atomic E-state index is 6.15. The molecular formula is C25H24ClN2+. The number of pyridine rings is 1. The van der Waals surface area contributed by atoms with Crippen molar-refractivity contribution in [1.82, 2.24) is 4.57 Å². The summed E-state index contributed by atoms with van der Waals surface area (Å²) >= 11 is 6.15. The number of fused-ring (bicyclic) bond motifs is 3. The summed E-state index contributed by atoms with van der Waals surface area (Å²) in [6.45, 7) is 1.76. The monoisotopic (exact) mass is 387 g/mol. The zero-order valence-electron chi connectivity index (χ0n) is 15.9. The number of nitrogens with zero attached hydrogens (tertiary/aromatic N) is 2. The van der Waals surface area contributed by atoms with E-state index in [2.05, 4.69) is 64.0 Å². The van der Waals surface area contributed by atoms with Crippen LogP contribution >= 0.6 is 11.6 Å². The Morgan fingerprint density at radius 3 is 2.68 bits per heavy atom. The molecule has 0 radical (unpaired) electrons. The second kappa shape index (κ2) is 7.44. The first-order chi connectivity index (χ1) is 13.8. The fourth-order valence-electron chi connectivity index (χ4n) is 4.56. The lowest BCUT2D eigenvalue weighted by Gasteiger charge is -2.16. The van der Waals surface area contributed by atoms with Crippen LogP contribution in [0.5, 0.6) is 0 Å². The van der Waals surface area contributed by atoms with Crippen LogP contribution in [0.25, 0.3) is 10.9 Å². The van der Waals surface area contributed by atoms with Crippen LogP contribution in [0, 0.1) is 0 Å². The molecule has 0 spiro atoms. The van der Waals surface area contributed by atoms with E-state index in [9.17, 15) is 0 Å². The molecule has 0 aliphatic heterocycles. The third-order valence-electron chi connectivity index (χ3n) is 5.80. The van der Waals surface area contributed by atoms with E-state index in [1.165, 1.54) is 53.4 Å². The molecule has 1 aliphatic carbocycles. The second-order valence-electron chi connectivity index (χ2n) is 7.75.